The minimum Gasteiger partial charge on any atom is -0.391 e. The Morgan fingerprint density at radius 3 is 2.83 bits per heavy atom. The van der Waals surface area contributed by atoms with Crippen molar-refractivity contribution in [1.82, 2.24) is 4.72 Å². The van der Waals surface area contributed by atoms with Gasteiger partial charge in [0.25, 0.3) is 0 Å². The lowest BCUT2D eigenvalue weighted by molar-refractivity contribution is 0.285. The lowest BCUT2D eigenvalue weighted by atomic mass is 10.2. The van der Waals surface area contributed by atoms with Crippen LogP contribution in [0, 0.1) is 0 Å². The molecule has 18 heavy (non-hydrogen) atoms. The van der Waals surface area contributed by atoms with E-state index in [-0.39, 0.29) is 10.8 Å². The second-order valence-corrected chi connectivity index (χ2v) is 8.79. The van der Waals surface area contributed by atoms with Crippen LogP contribution >= 0.6 is 23.1 Å². The van der Waals surface area contributed by atoms with Crippen LogP contribution in [0.25, 0.3) is 0 Å². The van der Waals surface area contributed by atoms with Gasteiger partial charge in [-0.15, -0.1) is 11.3 Å². The molecule has 0 bridgehead atoms. The number of thiophene rings is 1. The number of hydrogen-bond donors (Lipinski definition) is 2. The van der Waals surface area contributed by atoms with Gasteiger partial charge in [-0.2, -0.15) is 11.8 Å². The molecule has 1 fully saturated rings. The summed E-state index contributed by atoms with van der Waals surface area (Å²) in [4.78, 5) is 0.669. The third-order valence-corrected chi connectivity index (χ3v) is 7.22. The Labute approximate surface area is 116 Å². The fourth-order valence-electron chi connectivity index (χ4n) is 1.83. The van der Waals surface area contributed by atoms with Crippen LogP contribution in [-0.2, 0) is 16.6 Å². The van der Waals surface area contributed by atoms with Gasteiger partial charge in [0, 0.05) is 16.7 Å². The van der Waals surface area contributed by atoms with E-state index in [0.29, 0.717) is 16.7 Å². The normalized spacial score (nSPS) is 21.1. The lowest BCUT2D eigenvalue weighted by Gasteiger charge is -2.21. The minimum atomic E-state index is -3.40. The number of rotatable bonds is 5. The fourth-order valence-corrected chi connectivity index (χ4v) is 5.52. The van der Waals surface area contributed by atoms with Crippen molar-refractivity contribution in [2.45, 2.75) is 35.3 Å². The third kappa shape index (κ3) is 3.71. The monoisotopic (exact) mass is 307 g/mol. The second kappa shape index (κ2) is 6.38. The molecule has 1 atom stereocenters. The van der Waals surface area contributed by atoms with E-state index < -0.39 is 10.0 Å². The molecule has 0 radical (unpaired) electrons. The van der Waals surface area contributed by atoms with E-state index in [1.807, 2.05) is 11.8 Å². The summed E-state index contributed by atoms with van der Waals surface area (Å²) in [6.45, 7) is 0.387. The summed E-state index contributed by atoms with van der Waals surface area (Å²) in [6, 6.07) is 3.20. The van der Waals surface area contributed by atoms with Crippen LogP contribution < -0.4 is 4.72 Å². The lowest BCUT2D eigenvalue weighted by Crippen LogP contribution is -2.31. The van der Waals surface area contributed by atoms with Gasteiger partial charge >= 0.3 is 0 Å². The maximum absolute atomic E-state index is 12.0. The summed E-state index contributed by atoms with van der Waals surface area (Å²) in [7, 11) is -3.40. The number of sulfonamides is 1. The molecule has 1 saturated heterocycles. The molecule has 1 aliphatic heterocycles. The second-order valence-electron chi connectivity index (χ2n) is 4.22. The Kier molecular flexibility index (Phi) is 5.08. The van der Waals surface area contributed by atoms with Crippen LogP contribution in [0.5, 0.6) is 0 Å². The summed E-state index contributed by atoms with van der Waals surface area (Å²) in [5, 5.41) is 9.34. The number of aliphatic hydroxyl groups is 1. The highest BCUT2D eigenvalue weighted by molar-refractivity contribution is 8.00. The van der Waals surface area contributed by atoms with Crippen LogP contribution in [0.15, 0.2) is 16.3 Å². The first kappa shape index (κ1) is 14.3. The van der Waals surface area contributed by atoms with Crippen molar-refractivity contribution in [3.63, 3.8) is 0 Å². The summed E-state index contributed by atoms with van der Waals surface area (Å²) in [5.74, 6) is 1.13. The van der Waals surface area contributed by atoms with Gasteiger partial charge in [0.1, 0.15) is 4.21 Å². The van der Waals surface area contributed by atoms with Crippen molar-refractivity contribution in [2.24, 2.45) is 0 Å². The largest absolute Gasteiger partial charge is 0.391 e. The van der Waals surface area contributed by atoms with Crippen molar-refractivity contribution in [3.8, 4) is 0 Å². The molecule has 1 aromatic heterocycles. The zero-order valence-electron chi connectivity index (χ0n) is 9.96. The molecule has 0 amide bonds. The first-order valence-electron chi connectivity index (χ1n) is 5.92. The van der Waals surface area contributed by atoms with Crippen LogP contribution in [0.1, 0.15) is 24.1 Å². The zero-order chi connectivity index (χ0) is 13.0. The van der Waals surface area contributed by atoms with Crippen LogP contribution in [0.3, 0.4) is 0 Å². The summed E-state index contributed by atoms with van der Waals surface area (Å²) in [6.07, 6.45) is 3.51. The van der Waals surface area contributed by atoms with Gasteiger partial charge in [-0.05, 0) is 30.7 Å². The zero-order valence-corrected chi connectivity index (χ0v) is 12.4. The van der Waals surface area contributed by atoms with Gasteiger partial charge in [-0.3, -0.25) is 0 Å². The van der Waals surface area contributed by atoms with E-state index >= 15 is 0 Å². The van der Waals surface area contributed by atoms with Crippen LogP contribution in [-0.4, -0.2) is 31.1 Å². The van der Waals surface area contributed by atoms with Crippen molar-refractivity contribution < 1.29 is 13.5 Å². The maximum Gasteiger partial charge on any atom is 0.250 e. The first-order chi connectivity index (χ1) is 8.62. The average Bonchev–Trinajstić information content (AvgIpc) is 2.87. The van der Waals surface area contributed by atoms with Gasteiger partial charge in [-0.25, -0.2) is 13.1 Å². The van der Waals surface area contributed by atoms with Gasteiger partial charge < -0.3 is 5.11 Å². The molecule has 0 saturated carbocycles. The quantitative estimate of drug-likeness (QED) is 0.870. The van der Waals surface area contributed by atoms with Gasteiger partial charge in [0.2, 0.25) is 10.0 Å². The van der Waals surface area contributed by atoms with Crippen LogP contribution in [0.2, 0.25) is 0 Å². The molecule has 0 spiro atoms. The molecule has 1 aromatic rings. The average molecular weight is 307 g/mol. The van der Waals surface area contributed by atoms with Crippen molar-refractivity contribution in [2.75, 3.05) is 12.3 Å². The SMILES string of the molecule is O=S(=O)(NCC1CCCCS1)c1ccc(CO)s1. The Morgan fingerprint density at radius 2 is 2.22 bits per heavy atom. The third-order valence-electron chi connectivity index (χ3n) is 2.83. The molecule has 1 aliphatic rings. The van der Waals surface area contributed by atoms with E-state index in [1.165, 1.54) is 12.8 Å². The Bertz CT molecular complexity index is 477. The number of hydrogen-bond acceptors (Lipinski definition) is 5. The summed E-state index contributed by atoms with van der Waals surface area (Å²) in [5.41, 5.74) is 0. The minimum absolute atomic E-state index is 0.112. The highest BCUT2D eigenvalue weighted by Gasteiger charge is 2.20. The summed E-state index contributed by atoms with van der Waals surface area (Å²) < 4.78 is 27.0. The number of nitrogens with one attached hydrogen (secondary N) is 1. The molecule has 7 heteroatoms. The molecule has 102 valence electrons. The van der Waals surface area contributed by atoms with Gasteiger partial charge in [-0.1, -0.05) is 6.42 Å². The van der Waals surface area contributed by atoms with E-state index in [0.717, 1.165) is 23.5 Å². The molecule has 1 unspecified atom stereocenters. The smallest absolute Gasteiger partial charge is 0.250 e. The predicted molar refractivity (Wildman–Crippen MR) is 75.5 cm³/mol. The highest BCUT2D eigenvalue weighted by atomic mass is 32.2. The maximum atomic E-state index is 12.0. The molecule has 4 nitrogen and oxygen atoms in total. The molecule has 2 heterocycles. The Morgan fingerprint density at radius 1 is 1.39 bits per heavy atom. The van der Waals surface area contributed by atoms with Gasteiger partial charge in [0.05, 0.1) is 6.61 Å². The first-order valence-corrected chi connectivity index (χ1v) is 9.27. The summed E-state index contributed by atoms with van der Waals surface area (Å²) >= 11 is 2.96. The molecular weight excluding hydrogens is 290 g/mol. The van der Waals surface area contributed by atoms with E-state index in [9.17, 15) is 8.42 Å². The standard InChI is InChI=1S/C11H17NO3S3/c13-8-10-4-5-11(17-10)18(14,15)12-7-9-3-1-2-6-16-9/h4-5,9,12-13H,1-3,6-8H2. The van der Waals surface area contributed by atoms with E-state index in [1.54, 1.807) is 12.1 Å². The van der Waals surface area contributed by atoms with Crippen LogP contribution in [0.4, 0.5) is 0 Å². The molecule has 0 aliphatic carbocycles. The van der Waals surface area contributed by atoms with Gasteiger partial charge in [0.15, 0.2) is 0 Å². The van der Waals surface area contributed by atoms with Crippen molar-refractivity contribution in [1.29, 1.82) is 0 Å². The molecule has 0 aromatic carbocycles. The predicted octanol–water partition coefficient (Wildman–Crippen LogP) is 1.80. The van der Waals surface area contributed by atoms with Crippen molar-refractivity contribution >= 4 is 33.1 Å². The molecular formula is C11H17NO3S3. The Hall–Kier alpha value is -0.0800. The Balaban J connectivity index is 1.94. The van der Waals surface area contributed by atoms with E-state index in [2.05, 4.69) is 4.72 Å². The molecule has 2 N–H and O–H groups in total. The van der Waals surface area contributed by atoms with E-state index in [4.69, 9.17) is 5.11 Å². The fraction of sp³-hybridized carbons (Fsp3) is 0.636. The topological polar surface area (TPSA) is 66.4 Å². The highest BCUT2D eigenvalue weighted by Crippen LogP contribution is 2.25. The molecule has 2 rings (SSSR count). The van der Waals surface area contributed by atoms with Crippen molar-refractivity contribution in [3.05, 3.63) is 17.0 Å². The number of aliphatic hydroxyl groups excluding tert-OH is 1. The number of thioether (sulfide) groups is 1.